The van der Waals surface area contributed by atoms with Gasteiger partial charge in [-0.15, -0.1) is 0 Å². The van der Waals surface area contributed by atoms with Crippen LogP contribution >= 0.6 is 0 Å². The van der Waals surface area contributed by atoms with Crippen LogP contribution in [-0.4, -0.2) is 67.3 Å². The topological polar surface area (TPSA) is 78.0 Å². The maximum Gasteiger partial charge on any atom is 0.416 e. The van der Waals surface area contributed by atoms with E-state index in [9.17, 15) is 9.59 Å². The van der Waals surface area contributed by atoms with Crippen LogP contribution in [0.4, 0.5) is 16.3 Å². The van der Waals surface area contributed by atoms with Gasteiger partial charge < -0.3 is 15.0 Å². The second-order valence-electron chi connectivity index (χ2n) is 9.25. The summed E-state index contributed by atoms with van der Waals surface area (Å²) in [6, 6.07) is 23.0. The predicted molar refractivity (Wildman–Crippen MR) is 140 cm³/mol. The van der Waals surface area contributed by atoms with E-state index in [1.165, 1.54) is 23.1 Å². The Balaban J connectivity index is 1.14. The summed E-state index contributed by atoms with van der Waals surface area (Å²) in [5.41, 5.74) is 4.66. The molecule has 3 heterocycles. The Morgan fingerprint density at radius 2 is 1.69 bits per heavy atom. The summed E-state index contributed by atoms with van der Waals surface area (Å²) in [6.45, 7) is 7.21. The van der Waals surface area contributed by atoms with Crippen LogP contribution < -0.4 is 15.1 Å². The number of anilines is 2. The summed E-state index contributed by atoms with van der Waals surface area (Å²) >= 11 is 0. The Hall–Kier alpha value is -3.91. The minimum absolute atomic E-state index is 0.149. The Morgan fingerprint density at radius 3 is 2.36 bits per heavy atom. The smallest absolute Gasteiger partial charge is 0.416 e. The number of cyclic esters (lactones) is 1. The Kier molecular flexibility index (Phi) is 7.13. The zero-order chi connectivity index (χ0) is 24.9. The second-order valence-corrected chi connectivity index (χ2v) is 9.25. The van der Waals surface area contributed by atoms with Crippen molar-refractivity contribution in [3.63, 3.8) is 0 Å². The van der Waals surface area contributed by atoms with Crippen molar-refractivity contribution in [1.29, 1.82) is 0 Å². The predicted octanol–water partition coefficient (Wildman–Crippen LogP) is 3.53. The maximum absolute atomic E-state index is 12.2. The first kappa shape index (κ1) is 23.8. The molecule has 0 saturated carbocycles. The molecule has 1 atom stereocenters. The molecule has 36 heavy (non-hydrogen) atoms. The molecule has 2 aliphatic rings. The first-order valence-electron chi connectivity index (χ1n) is 12.4. The van der Waals surface area contributed by atoms with Crippen LogP contribution in [0.1, 0.15) is 12.5 Å². The highest BCUT2D eigenvalue weighted by molar-refractivity contribution is 5.89. The zero-order valence-corrected chi connectivity index (χ0v) is 20.5. The number of rotatable bonds is 7. The van der Waals surface area contributed by atoms with Crippen molar-refractivity contribution < 1.29 is 14.3 Å². The molecule has 2 aromatic carbocycles. The highest BCUT2D eigenvalue weighted by atomic mass is 16.6. The summed E-state index contributed by atoms with van der Waals surface area (Å²) < 4.78 is 5.32. The number of carbonyl (C=O) groups is 2. The zero-order valence-electron chi connectivity index (χ0n) is 20.5. The van der Waals surface area contributed by atoms with Crippen molar-refractivity contribution in [2.24, 2.45) is 0 Å². The number of nitrogens with one attached hydrogen (secondary N) is 1. The van der Waals surface area contributed by atoms with E-state index in [1.807, 2.05) is 12.1 Å². The molecule has 2 amide bonds. The number of benzene rings is 2. The number of hydrogen-bond acceptors (Lipinski definition) is 6. The Labute approximate surface area is 211 Å². The van der Waals surface area contributed by atoms with Gasteiger partial charge in [0.05, 0.1) is 13.1 Å². The average Bonchev–Trinajstić information content (AvgIpc) is 3.29. The lowest BCUT2D eigenvalue weighted by molar-refractivity contribution is -0.119. The van der Waals surface area contributed by atoms with Gasteiger partial charge in [-0.1, -0.05) is 42.5 Å². The number of ether oxygens (including phenoxy) is 1. The lowest BCUT2D eigenvalue weighted by Crippen LogP contribution is -2.45. The molecule has 186 valence electrons. The molecule has 0 bridgehead atoms. The van der Waals surface area contributed by atoms with Gasteiger partial charge in [0.15, 0.2) is 0 Å². The van der Waals surface area contributed by atoms with Crippen molar-refractivity contribution in [1.82, 2.24) is 15.2 Å². The fourth-order valence-electron chi connectivity index (χ4n) is 4.65. The molecular formula is C28H31N5O3. The number of piperazine rings is 1. The van der Waals surface area contributed by atoms with Gasteiger partial charge in [-0.2, -0.15) is 0 Å². The number of aromatic nitrogens is 1. The van der Waals surface area contributed by atoms with Gasteiger partial charge in [-0.3, -0.25) is 14.6 Å². The van der Waals surface area contributed by atoms with E-state index in [4.69, 9.17) is 4.74 Å². The molecule has 2 saturated heterocycles. The van der Waals surface area contributed by atoms with Crippen LogP contribution in [-0.2, 0) is 16.1 Å². The van der Waals surface area contributed by atoms with Gasteiger partial charge in [0.2, 0.25) is 5.91 Å². The van der Waals surface area contributed by atoms with Gasteiger partial charge in [-0.05, 0) is 35.4 Å². The molecule has 8 heteroatoms. The molecule has 5 rings (SSSR count). The monoisotopic (exact) mass is 485 g/mol. The first-order valence-corrected chi connectivity index (χ1v) is 12.4. The molecule has 0 spiro atoms. The number of carbonyl (C=O) groups excluding carboxylic acids is 2. The molecule has 2 fully saturated rings. The van der Waals surface area contributed by atoms with Crippen LogP contribution in [0.25, 0.3) is 11.1 Å². The van der Waals surface area contributed by atoms with Gasteiger partial charge in [-0.25, -0.2) is 9.78 Å². The average molecular weight is 486 g/mol. The van der Waals surface area contributed by atoms with E-state index in [-0.39, 0.29) is 12.0 Å². The summed E-state index contributed by atoms with van der Waals surface area (Å²) in [5.74, 6) is 0.393. The van der Waals surface area contributed by atoms with Gasteiger partial charge in [0.25, 0.3) is 0 Å². The van der Waals surface area contributed by atoms with E-state index in [2.05, 4.69) is 74.7 Å². The standard InChI is InChI=1S/C28H31N5O3/c1-21(34)29-18-26-20-33(28(35)36-26)27-12-11-24(17-30-27)23-9-7-22(8-10-23)19-31-13-15-32(16-14-31)25-5-3-2-4-6-25/h2-12,17,26H,13-16,18-20H2,1H3,(H,29,34). The number of pyridine rings is 1. The van der Waals surface area contributed by atoms with Crippen molar-refractivity contribution in [2.45, 2.75) is 19.6 Å². The van der Waals surface area contributed by atoms with Crippen molar-refractivity contribution in [3.05, 3.63) is 78.5 Å². The van der Waals surface area contributed by atoms with Crippen LogP contribution in [0.3, 0.4) is 0 Å². The SMILES string of the molecule is CC(=O)NCC1CN(c2ccc(-c3ccc(CN4CCN(c5ccccc5)CC4)cc3)cn2)C(=O)O1. The molecular weight excluding hydrogens is 454 g/mol. The van der Waals surface area contributed by atoms with E-state index in [0.29, 0.717) is 18.9 Å². The number of amides is 2. The number of hydrogen-bond donors (Lipinski definition) is 1. The third-order valence-electron chi connectivity index (χ3n) is 6.66. The molecule has 8 nitrogen and oxygen atoms in total. The number of para-hydroxylation sites is 1. The van der Waals surface area contributed by atoms with Crippen LogP contribution in [0.15, 0.2) is 72.9 Å². The Bertz CT molecular complexity index is 1180. The fourth-order valence-corrected chi connectivity index (χ4v) is 4.65. The van der Waals surface area contributed by atoms with Crippen molar-refractivity contribution in [2.75, 3.05) is 49.1 Å². The summed E-state index contributed by atoms with van der Waals surface area (Å²) in [4.78, 5) is 34.3. The van der Waals surface area contributed by atoms with Gasteiger partial charge in [0, 0.05) is 57.1 Å². The molecule has 0 radical (unpaired) electrons. The maximum atomic E-state index is 12.2. The van der Waals surface area contributed by atoms with Crippen molar-refractivity contribution >= 4 is 23.5 Å². The third kappa shape index (κ3) is 5.66. The van der Waals surface area contributed by atoms with E-state index < -0.39 is 6.09 Å². The molecule has 1 unspecified atom stereocenters. The third-order valence-corrected chi connectivity index (χ3v) is 6.66. The largest absolute Gasteiger partial charge is 0.442 e. The molecule has 1 aromatic heterocycles. The Morgan fingerprint density at radius 1 is 0.972 bits per heavy atom. The summed E-state index contributed by atoms with van der Waals surface area (Å²) in [7, 11) is 0. The van der Waals surface area contributed by atoms with E-state index in [0.717, 1.165) is 43.9 Å². The minimum atomic E-state index is -0.445. The number of nitrogens with zero attached hydrogens (tertiary/aromatic N) is 4. The summed E-state index contributed by atoms with van der Waals surface area (Å²) in [6.07, 6.45) is 0.956. The normalized spacial score (nSPS) is 18.2. The van der Waals surface area contributed by atoms with Crippen LogP contribution in [0.2, 0.25) is 0 Å². The van der Waals surface area contributed by atoms with Crippen LogP contribution in [0, 0.1) is 0 Å². The molecule has 2 aliphatic heterocycles. The quantitative estimate of drug-likeness (QED) is 0.552. The minimum Gasteiger partial charge on any atom is -0.442 e. The van der Waals surface area contributed by atoms with E-state index >= 15 is 0 Å². The highest BCUT2D eigenvalue weighted by Gasteiger charge is 2.33. The molecule has 0 aliphatic carbocycles. The lowest BCUT2D eigenvalue weighted by atomic mass is 10.1. The van der Waals surface area contributed by atoms with Crippen molar-refractivity contribution in [3.8, 4) is 11.1 Å². The first-order chi connectivity index (χ1) is 17.5. The van der Waals surface area contributed by atoms with E-state index in [1.54, 1.807) is 6.20 Å². The van der Waals surface area contributed by atoms with Gasteiger partial charge >= 0.3 is 6.09 Å². The van der Waals surface area contributed by atoms with Gasteiger partial charge in [0.1, 0.15) is 11.9 Å². The highest BCUT2D eigenvalue weighted by Crippen LogP contribution is 2.25. The molecule has 1 N–H and O–H groups in total. The summed E-state index contributed by atoms with van der Waals surface area (Å²) in [5, 5.41) is 2.68. The fraction of sp³-hybridized carbons (Fsp3) is 0.321. The van der Waals surface area contributed by atoms with Crippen LogP contribution in [0.5, 0.6) is 0 Å². The second kappa shape index (κ2) is 10.8. The molecule has 3 aromatic rings. The lowest BCUT2D eigenvalue weighted by Gasteiger charge is -2.36.